The molecule has 0 saturated carbocycles. The fourth-order valence-electron chi connectivity index (χ4n) is 2.83. The van der Waals surface area contributed by atoms with Gasteiger partial charge in [0.1, 0.15) is 0 Å². The minimum atomic E-state index is -2.12. The van der Waals surface area contributed by atoms with Crippen molar-refractivity contribution in [3.8, 4) is 0 Å². The first-order valence-corrected chi connectivity index (χ1v) is 13.0. The molecule has 1 unspecified atom stereocenters. The molecule has 24 heavy (non-hydrogen) atoms. The molecule has 0 aliphatic rings. The summed E-state index contributed by atoms with van der Waals surface area (Å²) in [4.78, 5) is 0. The van der Waals surface area contributed by atoms with Gasteiger partial charge in [0.2, 0.25) is 0 Å². The van der Waals surface area contributed by atoms with Crippen molar-refractivity contribution in [3.05, 3.63) is 12.3 Å². The van der Waals surface area contributed by atoms with Gasteiger partial charge in [-0.15, -0.1) is 6.58 Å². The Bertz CT molecular complexity index is 271. The molecule has 0 amide bonds. The first-order valence-electron chi connectivity index (χ1n) is 10.6. The molecule has 0 aromatic heterocycles. The van der Waals surface area contributed by atoms with Crippen LogP contribution in [0.4, 0.5) is 0 Å². The molecule has 0 aliphatic heterocycles. The van der Waals surface area contributed by atoms with Crippen molar-refractivity contribution in [1.29, 1.82) is 0 Å². The van der Waals surface area contributed by atoms with Crippen molar-refractivity contribution in [2.24, 2.45) is 0 Å². The molecule has 0 rings (SSSR count). The predicted molar refractivity (Wildman–Crippen MR) is 110 cm³/mol. The lowest BCUT2D eigenvalue weighted by atomic mass is 10.1. The monoisotopic (exact) mass is 356 g/mol. The molecule has 0 radical (unpaired) electrons. The fourth-order valence-corrected chi connectivity index (χ4v) is 4.25. The minimum absolute atomic E-state index is 0.830. The zero-order chi connectivity index (χ0) is 17.9. The zero-order valence-electron chi connectivity index (χ0n) is 16.9. The van der Waals surface area contributed by atoms with E-state index in [1.165, 1.54) is 77.0 Å². The zero-order valence-corrected chi connectivity index (χ0v) is 17.9. The van der Waals surface area contributed by atoms with E-state index >= 15 is 0 Å². The summed E-state index contributed by atoms with van der Waals surface area (Å²) >= 11 is 0. The van der Waals surface area contributed by atoms with E-state index in [4.69, 9.17) is 8.85 Å². The molecule has 144 valence electrons. The second-order valence-electron chi connectivity index (χ2n) is 7.16. The first kappa shape index (κ1) is 23.9. The molecule has 0 aromatic carbocycles. The normalized spacial score (nSPS) is 13.8. The summed E-state index contributed by atoms with van der Waals surface area (Å²) in [6.45, 7) is 12.2. The van der Waals surface area contributed by atoms with Gasteiger partial charge in [-0.2, -0.15) is 0 Å². The Labute approximate surface area is 153 Å². The SMILES string of the molecule is C=C[Si](C)(OCCCCCCC)OCCCCCCCCCCC. The van der Waals surface area contributed by atoms with Crippen molar-refractivity contribution >= 4 is 8.56 Å². The Hall–Kier alpha value is -0.123. The lowest BCUT2D eigenvalue weighted by molar-refractivity contribution is 0.177. The summed E-state index contributed by atoms with van der Waals surface area (Å²) in [5.74, 6) is 0. The maximum absolute atomic E-state index is 6.06. The van der Waals surface area contributed by atoms with Crippen LogP contribution in [0.2, 0.25) is 6.55 Å². The van der Waals surface area contributed by atoms with Gasteiger partial charge in [0.25, 0.3) is 0 Å². The second kappa shape index (κ2) is 17.7. The van der Waals surface area contributed by atoms with Gasteiger partial charge in [0.05, 0.1) is 0 Å². The molecule has 0 N–H and O–H groups in total. The van der Waals surface area contributed by atoms with Crippen LogP contribution in [0, 0.1) is 0 Å². The summed E-state index contributed by atoms with van der Waals surface area (Å²) in [5, 5.41) is 0. The van der Waals surface area contributed by atoms with Gasteiger partial charge in [-0.25, -0.2) is 0 Å². The highest BCUT2D eigenvalue weighted by Gasteiger charge is 2.26. The van der Waals surface area contributed by atoms with Crippen molar-refractivity contribution in [3.63, 3.8) is 0 Å². The fraction of sp³-hybridized carbons (Fsp3) is 0.905. The Balaban J connectivity index is 3.50. The Morgan fingerprint density at radius 1 is 0.625 bits per heavy atom. The highest BCUT2D eigenvalue weighted by molar-refractivity contribution is 6.71. The molecule has 0 aliphatic carbocycles. The van der Waals surface area contributed by atoms with E-state index in [0.29, 0.717) is 0 Å². The van der Waals surface area contributed by atoms with E-state index in [0.717, 1.165) is 26.1 Å². The third-order valence-corrected chi connectivity index (χ3v) is 6.94. The third kappa shape index (κ3) is 15.4. The molecule has 2 nitrogen and oxygen atoms in total. The van der Waals surface area contributed by atoms with Crippen molar-refractivity contribution in [2.75, 3.05) is 13.2 Å². The van der Waals surface area contributed by atoms with E-state index in [-0.39, 0.29) is 0 Å². The summed E-state index contributed by atoms with van der Waals surface area (Å²) in [5.41, 5.74) is 1.94. The van der Waals surface area contributed by atoms with Crippen LogP contribution in [0.15, 0.2) is 12.3 Å². The van der Waals surface area contributed by atoms with Crippen LogP contribution in [0.5, 0.6) is 0 Å². The van der Waals surface area contributed by atoms with E-state index in [9.17, 15) is 0 Å². The largest absolute Gasteiger partial charge is 0.391 e. The Kier molecular flexibility index (Phi) is 17.6. The van der Waals surface area contributed by atoms with E-state index in [1.54, 1.807) is 0 Å². The average Bonchev–Trinajstić information content (AvgIpc) is 2.59. The van der Waals surface area contributed by atoms with Crippen LogP contribution in [-0.2, 0) is 8.85 Å². The van der Waals surface area contributed by atoms with Crippen molar-refractivity contribution in [2.45, 2.75) is 110 Å². The van der Waals surface area contributed by atoms with Crippen LogP contribution in [0.3, 0.4) is 0 Å². The Morgan fingerprint density at radius 3 is 1.29 bits per heavy atom. The molecule has 0 heterocycles. The lowest BCUT2D eigenvalue weighted by Crippen LogP contribution is -2.37. The van der Waals surface area contributed by atoms with Gasteiger partial charge in [0, 0.05) is 13.2 Å². The first-order chi connectivity index (χ1) is 11.7. The van der Waals surface area contributed by atoms with Gasteiger partial charge >= 0.3 is 8.56 Å². The quantitative estimate of drug-likeness (QED) is 0.178. The molecule has 3 heteroatoms. The van der Waals surface area contributed by atoms with Crippen LogP contribution in [-0.4, -0.2) is 21.8 Å². The van der Waals surface area contributed by atoms with Gasteiger partial charge in [-0.1, -0.05) is 90.9 Å². The van der Waals surface area contributed by atoms with Gasteiger partial charge in [-0.05, 0) is 25.1 Å². The molecule has 1 atom stereocenters. The summed E-state index contributed by atoms with van der Waals surface area (Å²) in [6.07, 6.45) is 18.5. The number of rotatable bonds is 19. The molecule has 0 fully saturated rings. The highest BCUT2D eigenvalue weighted by Crippen LogP contribution is 2.13. The summed E-state index contributed by atoms with van der Waals surface area (Å²) < 4.78 is 12.1. The highest BCUT2D eigenvalue weighted by atomic mass is 28.4. The molecular weight excluding hydrogens is 312 g/mol. The predicted octanol–water partition coefficient (Wildman–Crippen LogP) is 7.32. The summed E-state index contributed by atoms with van der Waals surface area (Å²) in [6, 6.07) is 0. The van der Waals surface area contributed by atoms with E-state index < -0.39 is 8.56 Å². The standard InChI is InChI=1S/C21H44O2Si/c1-5-8-10-12-13-14-15-17-19-21-23-24(4,7-3)22-20-18-16-11-9-6-2/h7H,3,5-6,8-21H2,1-2,4H3. The summed E-state index contributed by atoms with van der Waals surface area (Å²) in [7, 11) is -2.12. The van der Waals surface area contributed by atoms with Crippen LogP contribution < -0.4 is 0 Å². The van der Waals surface area contributed by atoms with Crippen LogP contribution >= 0.6 is 0 Å². The minimum Gasteiger partial charge on any atom is -0.391 e. The van der Waals surface area contributed by atoms with Crippen molar-refractivity contribution < 1.29 is 8.85 Å². The maximum atomic E-state index is 6.06. The van der Waals surface area contributed by atoms with Gasteiger partial charge < -0.3 is 8.85 Å². The molecule has 0 aromatic rings. The maximum Gasteiger partial charge on any atom is 0.361 e. The van der Waals surface area contributed by atoms with Gasteiger partial charge in [-0.3, -0.25) is 0 Å². The van der Waals surface area contributed by atoms with Crippen molar-refractivity contribution in [1.82, 2.24) is 0 Å². The van der Waals surface area contributed by atoms with E-state index in [1.807, 2.05) is 5.70 Å². The smallest absolute Gasteiger partial charge is 0.361 e. The van der Waals surface area contributed by atoms with Gasteiger partial charge in [0.15, 0.2) is 0 Å². The molecule has 0 saturated heterocycles. The molecule has 0 spiro atoms. The number of hydrogen-bond acceptors (Lipinski definition) is 2. The number of hydrogen-bond donors (Lipinski definition) is 0. The Morgan fingerprint density at radius 2 is 0.958 bits per heavy atom. The van der Waals surface area contributed by atoms with E-state index in [2.05, 4.69) is 27.0 Å². The molecular formula is C21H44O2Si. The third-order valence-electron chi connectivity index (χ3n) is 4.64. The lowest BCUT2D eigenvalue weighted by Gasteiger charge is -2.23. The topological polar surface area (TPSA) is 18.5 Å². The second-order valence-corrected chi connectivity index (χ2v) is 10.2. The number of unbranched alkanes of at least 4 members (excludes halogenated alkanes) is 12. The van der Waals surface area contributed by atoms with Crippen LogP contribution in [0.1, 0.15) is 104 Å². The molecule has 0 bridgehead atoms. The average molecular weight is 357 g/mol. The van der Waals surface area contributed by atoms with Crippen LogP contribution in [0.25, 0.3) is 0 Å².